The van der Waals surface area contributed by atoms with Gasteiger partial charge in [-0.25, -0.2) is 0 Å². The molecule has 2 amide bonds. The molecule has 0 aromatic heterocycles. The Kier molecular flexibility index (Phi) is 9.18. The number of amides is 2. The predicted octanol–water partition coefficient (Wildman–Crippen LogP) is 4.61. The van der Waals surface area contributed by atoms with Crippen molar-refractivity contribution in [1.29, 1.82) is 0 Å². The van der Waals surface area contributed by atoms with E-state index in [0.29, 0.717) is 18.0 Å². The zero-order valence-corrected chi connectivity index (χ0v) is 18.9. The minimum Gasteiger partial charge on any atom is -0.497 e. The molecule has 0 saturated heterocycles. The molecule has 0 bridgehead atoms. The minimum absolute atomic E-state index is 0.0563. The Morgan fingerprint density at radius 1 is 1.00 bits per heavy atom. The van der Waals surface area contributed by atoms with E-state index >= 15 is 0 Å². The molecule has 2 atom stereocenters. The van der Waals surface area contributed by atoms with Crippen LogP contribution in [-0.4, -0.2) is 35.9 Å². The van der Waals surface area contributed by atoms with Gasteiger partial charge in [-0.2, -0.15) is 0 Å². The molecule has 162 valence electrons. The Hall–Kier alpha value is -2.53. The number of methoxy groups -OCH3 is 1. The van der Waals surface area contributed by atoms with Crippen LogP contribution in [0.4, 0.5) is 0 Å². The zero-order valence-electron chi connectivity index (χ0n) is 18.2. The van der Waals surface area contributed by atoms with Crippen molar-refractivity contribution in [3.05, 3.63) is 64.7 Å². The van der Waals surface area contributed by atoms with Gasteiger partial charge in [0.15, 0.2) is 0 Å². The number of hydrogen-bond acceptors (Lipinski definition) is 3. The molecule has 0 aliphatic heterocycles. The van der Waals surface area contributed by atoms with Gasteiger partial charge >= 0.3 is 0 Å². The van der Waals surface area contributed by atoms with Gasteiger partial charge in [0, 0.05) is 17.6 Å². The van der Waals surface area contributed by atoms with Crippen LogP contribution in [0.3, 0.4) is 0 Å². The normalized spacial score (nSPS) is 12.7. The van der Waals surface area contributed by atoms with E-state index in [2.05, 4.69) is 5.32 Å². The maximum absolute atomic E-state index is 13.3. The van der Waals surface area contributed by atoms with Gasteiger partial charge in [-0.15, -0.1) is 0 Å². The minimum atomic E-state index is -0.541. The number of ether oxygens (including phenoxy) is 1. The van der Waals surface area contributed by atoms with E-state index in [1.807, 2.05) is 57.2 Å². The van der Waals surface area contributed by atoms with Crippen LogP contribution in [-0.2, 0) is 22.6 Å². The Balaban J connectivity index is 2.27. The predicted molar refractivity (Wildman–Crippen MR) is 121 cm³/mol. The van der Waals surface area contributed by atoms with Crippen molar-refractivity contribution < 1.29 is 14.3 Å². The molecule has 5 nitrogen and oxygen atoms in total. The summed E-state index contributed by atoms with van der Waals surface area (Å²) in [4.78, 5) is 27.9. The summed E-state index contributed by atoms with van der Waals surface area (Å²) in [5.74, 6) is 0.531. The van der Waals surface area contributed by atoms with Crippen molar-refractivity contribution in [3.63, 3.8) is 0 Å². The molecule has 0 heterocycles. The molecule has 0 aliphatic carbocycles. The van der Waals surface area contributed by atoms with E-state index in [9.17, 15) is 9.59 Å². The lowest BCUT2D eigenvalue weighted by atomic mass is 10.1. The van der Waals surface area contributed by atoms with Crippen molar-refractivity contribution in [3.8, 4) is 5.75 Å². The second-order valence-electron chi connectivity index (χ2n) is 7.41. The molecule has 2 aromatic rings. The summed E-state index contributed by atoms with van der Waals surface area (Å²) < 4.78 is 5.22. The lowest BCUT2D eigenvalue weighted by Crippen LogP contribution is -2.51. The van der Waals surface area contributed by atoms with Gasteiger partial charge in [-0.1, -0.05) is 49.7 Å². The van der Waals surface area contributed by atoms with Crippen LogP contribution in [0, 0.1) is 0 Å². The fourth-order valence-corrected chi connectivity index (χ4v) is 3.29. The summed E-state index contributed by atoms with van der Waals surface area (Å²) in [7, 11) is 1.61. The van der Waals surface area contributed by atoms with E-state index in [1.54, 1.807) is 24.1 Å². The first-order chi connectivity index (χ1) is 14.4. The second-order valence-corrected chi connectivity index (χ2v) is 7.85. The van der Waals surface area contributed by atoms with Gasteiger partial charge in [0.05, 0.1) is 13.5 Å². The maximum atomic E-state index is 13.3. The number of carbonyl (C=O) groups excluding carboxylic acids is 2. The van der Waals surface area contributed by atoms with E-state index in [1.165, 1.54) is 0 Å². The standard InChI is InChI=1S/C24H31ClN2O3/c1-5-17(3)26-24(29)22(6-2)27(16-19-9-13-21(30-4)14-10-19)23(28)15-18-7-11-20(25)12-8-18/h7-14,17,22H,5-6,15-16H2,1-4H3,(H,26,29)/t17-,22-/m0/s1. The highest BCUT2D eigenvalue weighted by molar-refractivity contribution is 6.30. The SMILES string of the molecule is CC[C@H](C)NC(=O)[C@H](CC)N(Cc1ccc(OC)cc1)C(=O)Cc1ccc(Cl)cc1. The molecule has 0 radical (unpaired) electrons. The summed E-state index contributed by atoms with van der Waals surface area (Å²) in [5, 5.41) is 3.65. The molecule has 2 aromatic carbocycles. The average molecular weight is 431 g/mol. The van der Waals surface area contributed by atoms with Crippen molar-refractivity contribution in [1.82, 2.24) is 10.2 Å². The van der Waals surface area contributed by atoms with Gasteiger partial charge in [0.1, 0.15) is 11.8 Å². The van der Waals surface area contributed by atoms with Crippen LogP contribution in [0.15, 0.2) is 48.5 Å². The maximum Gasteiger partial charge on any atom is 0.243 e. The fraction of sp³-hybridized carbons (Fsp3) is 0.417. The summed E-state index contributed by atoms with van der Waals surface area (Å²) in [5.41, 5.74) is 1.80. The molecule has 0 unspecified atom stereocenters. The lowest BCUT2D eigenvalue weighted by Gasteiger charge is -2.31. The Morgan fingerprint density at radius 3 is 2.13 bits per heavy atom. The Bertz CT molecular complexity index is 821. The largest absolute Gasteiger partial charge is 0.497 e. The van der Waals surface area contributed by atoms with Gasteiger partial charge in [0.25, 0.3) is 0 Å². The highest BCUT2D eigenvalue weighted by Gasteiger charge is 2.29. The number of benzene rings is 2. The first-order valence-corrected chi connectivity index (χ1v) is 10.7. The topological polar surface area (TPSA) is 58.6 Å². The van der Waals surface area contributed by atoms with Crippen molar-refractivity contribution in [2.45, 2.75) is 58.7 Å². The third kappa shape index (κ3) is 6.77. The van der Waals surface area contributed by atoms with E-state index in [0.717, 1.165) is 23.3 Å². The average Bonchev–Trinajstić information content (AvgIpc) is 2.75. The molecule has 2 rings (SSSR count). The summed E-state index contributed by atoms with van der Waals surface area (Å²) in [6.45, 7) is 6.26. The summed E-state index contributed by atoms with van der Waals surface area (Å²) >= 11 is 5.96. The zero-order chi connectivity index (χ0) is 22.1. The van der Waals surface area contributed by atoms with E-state index in [4.69, 9.17) is 16.3 Å². The molecule has 0 fully saturated rings. The first-order valence-electron chi connectivity index (χ1n) is 10.3. The van der Waals surface area contributed by atoms with Gasteiger partial charge in [-0.3, -0.25) is 9.59 Å². The quantitative estimate of drug-likeness (QED) is 0.598. The first kappa shape index (κ1) is 23.7. The van der Waals surface area contributed by atoms with Crippen LogP contribution < -0.4 is 10.1 Å². The molecule has 6 heteroatoms. The van der Waals surface area contributed by atoms with Gasteiger partial charge in [-0.05, 0) is 55.2 Å². The van der Waals surface area contributed by atoms with Crippen molar-refractivity contribution >= 4 is 23.4 Å². The highest BCUT2D eigenvalue weighted by Crippen LogP contribution is 2.18. The monoisotopic (exact) mass is 430 g/mol. The molecule has 0 aliphatic rings. The van der Waals surface area contributed by atoms with Crippen LogP contribution in [0.5, 0.6) is 5.75 Å². The number of nitrogens with zero attached hydrogens (tertiary/aromatic N) is 1. The third-order valence-electron chi connectivity index (χ3n) is 5.17. The van der Waals surface area contributed by atoms with Crippen LogP contribution in [0.1, 0.15) is 44.7 Å². The molecule has 0 spiro atoms. The molecule has 30 heavy (non-hydrogen) atoms. The van der Waals surface area contributed by atoms with Crippen LogP contribution >= 0.6 is 11.6 Å². The number of halogens is 1. The molecule has 1 N–H and O–H groups in total. The van der Waals surface area contributed by atoms with E-state index < -0.39 is 6.04 Å². The van der Waals surface area contributed by atoms with E-state index in [-0.39, 0.29) is 24.3 Å². The van der Waals surface area contributed by atoms with Crippen LogP contribution in [0.2, 0.25) is 5.02 Å². The van der Waals surface area contributed by atoms with Crippen molar-refractivity contribution in [2.75, 3.05) is 7.11 Å². The Labute approximate surface area is 184 Å². The third-order valence-corrected chi connectivity index (χ3v) is 5.42. The van der Waals surface area contributed by atoms with Gasteiger partial charge in [0.2, 0.25) is 11.8 Å². The molecular formula is C24H31ClN2O3. The van der Waals surface area contributed by atoms with Crippen molar-refractivity contribution in [2.24, 2.45) is 0 Å². The highest BCUT2D eigenvalue weighted by atomic mass is 35.5. The molecule has 0 saturated carbocycles. The lowest BCUT2D eigenvalue weighted by molar-refractivity contribution is -0.141. The van der Waals surface area contributed by atoms with Gasteiger partial charge < -0.3 is 15.0 Å². The number of nitrogens with one attached hydrogen (secondary N) is 1. The number of hydrogen-bond donors (Lipinski definition) is 1. The number of rotatable bonds is 10. The smallest absolute Gasteiger partial charge is 0.243 e. The fourth-order valence-electron chi connectivity index (χ4n) is 3.17. The second kappa shape index (κ2) is 11.6. The summed E-state index contributed by atoms with van der Waals surface area (Å²) in [6, 6.07) is 14.3. The molecular weight excluding hydrogens is 400 g/mol. The van der Waals surface area contributed by atoms with Crippen LogP contribution in [0.25, 0.3) is 0 Å². The Morgan fingerprint density at radius 2 is 1.60 bits per heavy atom. The summed E-state index contributed by atoms with van der Waals surface area (Å²) in [6.07, 6.45) is 1.57. The number of carbonyl (C=O) groups is 2.